The first kappa shape index (κ1) is 11.6. The molecule has 0 saturated carbocycles. The van der Waals surface area contributed by atoms with Crippen molar-refractivity contribution in [2.75, 3.05) is 0 Å². The molecule has 0 aliphatic heterocycles. The molecular weight excluding hydrogens is 267 g/mol. The minimum absolute atomic E-state index is 0.517. The Balaban J connectivity index is 2.34. The Labute approximate surface area is 115 Å². The van der Waals surface area contributed by atoms with Crippen molar-refractivity contribution in [3.05, 3.63) is 58.3 Å². The number of hydrogen-bond acceptors (Lipinski definition) is 1. The van der Waals surface area contributed by atoms with Gasteiger partial charge in [0.2, 0.25) is 0 Å². The largest absolute Gasteiger partial charge is 0.298 e. The standard InChI is InChI=1S/C14H10Cl2N2/c1-9-4-3-7-18-12(9)13(16)17-14(18)10-5-2-6-11(15)8-10/h2-8H,1H3. The van der Waals surface area contributed by atoms with E-state index in [1.54, 1.807) is 0 Å². The van der Waals surface area contributed by atoms with Gasteiger partial charge in [0.05, 0.1) is 5.52 Å². The second kappa shape index (κ2) is 4.30. The number of rotatable bonds is 1. The predicted molar refractivity (Wildman–Crippen MR) is 75.4 cm³/mol. The Morgan fingerprint density at radius 2 is 1.94 bits per heavy atom. The Kier molecular flexibility index (Phi) is 2.77. The maximum atomic E-state index is 6.21. The summed E-state index contributed by atoms with van der Waals surface area (Å²) in [5.41, 5.74) is 2.99. The molecule has 2 aromatic heterocycles. The molecule has 1 aromatic carbocycles. The molecule has 0 aliphatic rings. The topological polar surface area (TPSA) is 17.3 Å². The molecule has 4 heteroatoms. The maximum Gasteiger partial charge on any atom is 0.155 e. The summed E-state index contributed by atoms with van der Waals surface area (Å²) in [5, 5.41) is 1.20. The van der Waals surface area contributed by atoms with Crippen LogP contribution in [0.1, 0.15) is 5.56 Å². The lowest BCUT2D eigenvalue weighted by Crippen LogP contribution is -1.90. The summed E-state index contributed by atoms with van der Waals surface area (Å²) in [4.78, 5) is 4.43. The van der Waals surface area contributed by atoms with Gasteiger partial charge in [-0.25, -0.2) is 4.98 Å². The second-order valence-corrected chi connectivity index (χ2v) is 4.94. The summed E-state index contributed by atoms with van der Waals surface area (Å²) >= 11 is 12.2. The lowest BCUT2D eigenvalue weighted by Gasteiger charge is -2.03. The molecule has 0 saturated heterocycles. The van der Waals surface area contributed by atoms with Gasteiger partial charge in [-0.3, -0.25) is 4.40 Å². The summed E-state index contributed by atoms with van der Waals surface area (Å²) in [5.74, 6) is 0.807. The SMILES string of the molecule is Cc1cccn2c(-c3cccc(Cl)c3)nc(Cl)c12. The van der Waals surface area contributed by atoms with Crippen LogP contribution in [0.5, 0.6) is 0 Å². The van der Waals surface area contributed by atoms with Crippen molar-refractivity contribution in [3.63, 3.8) is 0 Å². The summed E-state index contributed by atoms with van der Waals surface area (Å²) in [6, 6.07) is 11.6. The Hall–Kier alpha value is -1.51. The number of aryl methyl sites for hydroxylation is 1. The van der Waals surface area contributed by atoms with Crippen LogP contribution in [0, 0.1) is 6.92 Å². The highest BCUT2D eigenvalue weighted by Gasteiger charge is 2.12. The van der Waals surface area contributed by atoms with Crippen molar-refractivity contribution in [2.45, 2.75) is 6.92 Å². The lowest BCUT2D eigenvalue weighted by atomic mass is 10.2. The van der Waals surface area contributed by atoms with E-state index in [4.69, 9.17) is 23.2 Å². The van der Waals surface area contributed by atoms with Crippen LogP contribution in [0.4, 0.5) is 0 Å². The minimum Gasteiger partial charge on any atom is -0.298 e. The average molecular weight is 277 g/mol. The van der Waals surface area contributed by atoms with Crippen molar-refractivity contribution in [2.24, 2.45) is 0 Å². The molecule has 0 amide bonds. The minimum atomic E-state index is 0.517. The molecule has 0 aliphatic carbocycles. The van der Waals surface area contributed by atoms with Crippen LogP contribution >= 0.6 is 23.2 Å². The molecule has 0 N–H and O–H groups in total. The number of pyridine rings is 1. The molecule has 2 heterocycles. The van der Waals surface area contributed by atoms with Gasteiger partial charge in [0, 0.05) is 16.8 Å². The van der Waals surface area contributed by atoms with Crippen molar-refractivity contribution in [1.82, 2.24) is 9.38 Å². The third-order valence-electron chi connectivity index (χ3n) is 2.91. The van der Waals surface area contributed by atoms with E-state index in [0.717, 1.165) is 22.5 Å². The zero-order chi connectivity index (χ0) is 12.7. The van der Waals surface area contributed by atoms with Crippen LogP contribution in [0.3, 0.4) is 0 Å². The molecule has 0 unspecified atom stereocenters. The van der Waals surface area contributed by atoms with Gasteiger partial charge in [-0.1, -0.05) is 41.4 Å². The second-order valence-electron chi connectivity index (χ2n) is 4.15. The van der Waals surface area contributed by atoms with Crippen LogP contribution in [0.15, 0.2) is 42.6 Å². The summed E-state index contributed by atoms with van der Waals surface area (Å²) in [6.45, 7) is 2.02. The predicted octanol–water partition coefficient (Wildman–Crippen LogP) is 4.62. The van der Waals surface area contributed by atoms with Crippen LogP contribution in [-0.4, -0.2) is 9.38 Å². The van der Waals surface area contributed by atoms with E-state index < -0.39 is 0 Å². The van der Waals surface area contributed by atoms with E-state index in [2.05, 4.69) is 4.98 Å². The van der Waals surface area contributed by atoms with Gasteiger partial charge in [-0.15, -0.1) is 0 Å². The molecule has 2 nitrogen and oxygen atoms in total. The fraction of sp³-hybridized carbons (Fsp3) is 0.0714. The molecule has 0 fully saturated rings. The van der Waals surface area contributed by atoms with Gasteiger partial charge in [0.1, 0.15) is 5.82 Å². The van der Waals surface area contributed by atoms with Crippen LogP contribution < -0.4 is 0 Å². The maximum absolute atomic E-state index is 6.21. The van der Waals surface area contributed by atoms with E-state index in [9.17, 15) is 0 Å². The normalized spacial score (nSPS) is 11.1. The monoisotopic (exact) mass is 276 g/mol. The van der Waals surface area contributed by atoms with Gasteiger partial charge in [-0.05, 0) is 30.7 Å². The van der Waals surface area contributed by atoms with Gasteiger partial charge < -0.3 is 0 Å². The van der Waals surface area contributed by atoms with Gasteiger partial charge in [-0.2, -0.15) is 0 Å². The third kappa shape index (κ3) is 1.78. The molecular formula is C14H10Cl2N2. The van der Waals surface area contributed by atoms with E-state index in [1.807, 2.05) is 53.9 Å². The van der Waals surface area contributed by atoms with Crippen LogP contribution in [-0.2, 0) is 0 Å². The molecule has 0 bridgehead atoms. The summed E-state index contributed by atoms with van der Waals surface area (Å²) in [6.07, 6.45) is 1.96. The fourth-order valence-corrected chi connectivity index (χ4v) is 2.60. The van der Waals surface area contributed by atoms with Crippen LogP contribution in [0.25, 0.3) is 16.9 Å². The van der Waals surface area contributed by atoms with E-state index in [-0.39, 0.29) is 0 Å². The number of nitrogens with zero attached hydrogens (tertiary/aromatic N) is 2. The molecule has 3 aromatic rings. The molecule has 90 valence electrons. The van der Waals surface area contributed by atoms with Gasteiger partial charge in [0.25, 0.3) is 0 Å². The summed E-state index contributed by atoms with van der Waals surface area (Å²) in [7, 11) is 0. The van der Waals surface area contributed by atoms with E-state index in [0.29, 0.717) is 10.2 Å². The van der Waals surface area contributed by atoms with Crippen molar-refractivity contribution in [1.29, 1.82) is 0 Å². The smallest absolute Gasteiger partial charge is 0.155 e. The average Bonchev–Trinajstić information content (AvgIpc) is 2.68. The van der Waals surface area contributed by atoms with Crippen LogP contribution in [0.2, 0.25) is 10.2 Å². The molecule has 0 spiro atoms. The highest BCUT2D eigenvalue weighted by molar-refractivity contribution is 6.33. The first-order valence-electron chi connectivity index (χ1n) is 5.56. The van der Waals surface area contributed by atoms with Gasteiger partial charge in [0.15, 0.2) is 5.15 Å². The number of aromatic nitrogens is 2. The number of hydrogen-bond donors (Lipinski definition) is 0. The number of fused-ring (bicyclic) bond motifs is 1. The molecule has 18 heavy (non-hydrogen) atoms. The number of halogens is 2. The van der Waals surface area contributed by atoms with Crippen molar-refractivity contribution in [3.8, 4) is 11.4 Å². The van der Waals surface area contributed by atoms with Gasteiger partial charge >= 0.3 is 0 Å². The first-order valence-corrected chi connectivity index (χ1v) is 6.31. The first-order chi connectivity index (χ1) is 8.66. The highest BCUT2D eigenvalue weighted by Crippen LogP contribution is 2.28. The quantitative estimate of drug-likeness (QED) is 0.634. The van der Waals surface area contributed by atoms with E-state index in [1.165, 1.54) is 0 Å². The molecule has 3 rings (SSSR count). The molecule has 0 atom stereocenters. The number of benzene rings is 1. The lowest BCUT2D eigenvalue weighted by molar-refractivity contribution is 1.15. The molecule has 0 radical (unpaired) electrons. The zero-order valence-electron chi connectivity index (χ0n) is 9.69. The summed E-state index contributed by atoms with van der Waals surface area (Å²) < 4.78 is 1.99. The number of imidazole rings is 1. The fourth-order valence-electron chi connectivity index (χ4n) is 2.09. The highest BCUT2D eigenvalue weighted by atomic mass is 35.5. The Morgan fingerprint density at radius 1 is 1.11 bits per heavy atom. The van der Waals surface area contributed by atoms with E-state index >= 15 is 0 Å². The van der Waals surface area contributed by atoms with Crippen molar-refractivity contribution < 1.29 is 0 Å². The third-order valence-corrected chi connectivity index (χ3v) is 3.40. The van der Waals surface area contributed by atoms with Crippen molar-refractivity contribution >= 4 is 28.7 Å². The Morgan fingerprint density at radius 3 is 2.72 bits per heavy atom. The zero-order valence-corrected chi connectivity index (χ0v) is 11.2. The Bertz CT molecular complexity index is 732.